The van der Waals surface area contributed by atoms with E-state index in [9.17, 15) is 0 Å². The van der Waals surface area contributed by atoms with Crippen LogP contribution in [0.5, 0.6) is 0 Å². The average Bonchev–Trinajstić information content (AvgIpc) is 2.61. The van der Waals surface area contributed by atoms with Gasteiger partial charge in [-0.1, -0.05) is 20.8 Å². The zero-order valence-corrected chi connectivity index (χ0v) is 11.0. The standard InChI is InChI=1S/C14H20N2/c1-8-9(2)11-7-15-16-13(11)12(10(8)3)14(4,5)6/h7H,1-6H3,(H,15,16). The summed E-state index contributed by atoms with van der Waals surface area (Å²) in [4.78, 5) is 0. The summed E-state index contributed by atoms with van der Waals surface area (Å²) in [7, 11) is 0. The number of fused-ring (bicyclic) bond motifs is 1. The monoisotopic (exact) mass is 216 g/mol. The molecule has 2 heteroatoms. The van der Waals surface area contributed by atoms with E-state index in [0.29, 0.717) is 0 Å². The Bertz CT molecular complexity index is 542. The molecule has 16 heavy (non-hydrogen) atoms. The molecule has 0 aliphatic rings. The predicted octanol–water partition coefficient (Wildman–Crippen LogP) is 3.79. The Morgan fingerprint density at radius 2 is 1.62 bits per heavy atom. The highest BCUT2D eigenvalue weighted by Gasteiger charge is 2.23. The van der Waals surface area contributed by atoms with Gasteiger partial charge < -0.3 is 0 Å². The van der Waals surface area contributed by atoms with E-state index in [2.05, 4.69) is 51.7 Å². The maximum absolute atomic E-state index is 4.19. The van der Waals surface area contributed by atoms with Gasteiger partial charge in [0.1, 0.15) is 0 Å². The fraction of sp³-hybridized carbons (Fsp3) is 0.500. The lowest BCUT2D eigenvalue weighted by Crippen LogP contribution is -2.15. The summed E-state index contributed by atoms with van der Waals surface area (Å²) in [6.07, 6.45) is 1.94. The zero-order chi connectivity index (χ0) is 12.1. The molecule has 0 spiro atoms. The first kappa shape index (κ1) is 11.2. The number of benzene rings is 1. The van der Waals surface area contributed by atoms with Crippen molar-refractivity contribution in [3.05, 3.63) is 28.5 Å². The van der Waals surface area contributed by atoms with Crippen LogP contribution in [0.4, 0.5) is 0 Å². The minimum absolute atomic E-state index is 0.146. The SMILES string of the molecule is Cc1c(C)c(C(C)(C)C)c2[nH]ncc2c1C. The number of aromatic amines is 1. The summed E-state index contributed by atoms with van der Waals surface area (Å²) in [6, 6.07) is 0. The Kier molecular flexibility index (Phi) is 2.33. The van der Waals surface area contributed by atoms with Gasteiger partial charge in [-0.05, 0) is 48.4 Å². The summed E-state index contributed by atoms with van der Waals surface area (Å²) < 4.78 is 0. The van der Waals surface area contributed by atoms with E-state index in [1.807, 2.05) is 6.20 Å². The zero-order valence-electron chi connectivity index (χ0n) is 11.0. The molecule has 1 aromatic carbocycles. The van der Waals surface area contributed by atoms with Gasteiger partial charge >= 0.3 is 0 Å². The molecule has 1 N–H and O–H groups in total. The van der Waals surface area contributed by atoms with Gasteiger partial charge in [0.05, 0.1) is 11.7 Å². The maximum Gasteiger partial charge on any atom is 0.0693 e. The van der Waals surface area contributed by atoms with Crippen LogP contribution in [0.25, 0.3) is 10.9 Å². The van der Waals surface area contributed by atoms with Crippen LogP contribution in [0.2, 0.25) is 0 Å². The fourth-order valence-electron chi connectivity index (χ4n) is 2.56. The molecular formula is C14H20N2. The van der Waals surface area contributed by atoms with E-state index >= 15 is 0 Å². The quantitative estimate of drug-likeness (QED) is 0.713. The Hall–Kier alpha value is -1.31. The minimum Gasteiger partial charge on any atom is -0.278 e. The van der Waals surface area contributed by atoms with Crippen LogP contribution in [0, 0.1) is 20.8 Å². The first-order valence-electron chi connectivity index (χ1n) is 5.77. The van der Waals surface area contributed by atoms with E-state index in [4.69, 9.17) is 0 Å². The van der Waals surface area contributed by atoms with Gasteiger partial charge in [-0.3, -0.25) is 5.10 Å². The second-order valence-electron chi connectivity index (χ2n) is 5.66. The smallest absolute Gasteiger partial charge is 0.0693 e. The van der Waals surface area contributed by atoms with Gasteiger partial charge in [-0.15, -0.1) is 0 Å². The van der Waals surface area contributed by atoms with Crippen molar-refractivity contribution in [1.29, 1.82) is 0 Å². The molecule has 0 saturated heterocycles. The van der Waals surface area contributed by atoms with Crippen LogP contribution in [0.1, 0.15) is 43.0 Å². The number of aryl methyl sites for hydroxylation is 1. The number of nitrogens with zero attached hydrogens (tertiary/aromatic N) is 1. The van der Waals surface area contributed by atoms with Gasteiger partial charge in [0.2, 0.25) is 0 Å². The number of hydrogen-bond acceptors (Lipinski definition) is 1. The molecule has 86 valence electrons. The molecule has 0 unspecified atom stereocenters. The normalized spacial score (nSPS) is 12.4. The molecule has 0 aliphatic heterocycles. The highest BCUT2D eigenvalue weighted by Crippen LogP contribution is 2.35. The van der Waals surface area contributed by atoms with Crippen molar-refractivity contribution in [2.24, 2.45) is 0 Å². The van der Waals surface area contributed by atoms with E-state index < -0.39 is 0 Å². The largest absolute Gasteiger partial charge is 0.278 e. The van der Waals surface area contributed by atoms with Crippen molar-refractivity contribution < 1.29 is 0 Å². The van der Waals surface area contributed by atoms with E-state index in [-0.39, 0.29) is 5.41 Å². The maximum atomic E-state index is 4.19. The van der Waals surface area contributed by atoms with Crippen molar-refractivity contribution in [3.8, 4) is 0 Å². The Labute approximate surface area is 97.1 Å². The molecule has 2 aromatic rings. The van der Waals surface area contributed by atoms with Crippen molar-refractivity contribution in [2.45, 2.75) is 47.0 Å². The van der Waals surface area contributed by atoms with Gasteiger partial charge in [0.15, 0.2) is 0 Å². The fourth-order valence-corrected chi connectivity index (χ4v) is 2.56. The molecule has 0 amide bonds. The molecule has 0 fully saturated rings. The van der Waals surface area contributed by atoms with Gasteiger partial charge in [-0.25, -0.2) is 0 Å². The molecule has 0 bridgehead atoms. The number of H-pyrrole nitrogens is 1. The predicted molar refractivity (Wildman–Crippen MR) is 69.0 cm³/mol. The molecule has 1 aromatic heterocycles. The Morgan fingerprint density at radius 3 is 2.19 bits per heavy atom. The minimum atomic E-state index is 0.146. The van der Waals surface area contributed by atoms with E-state index in [0.717, 1.165) is 0 Å². The van der Waals surface area contributed by atoms with Crippen LogP contribution in [-0.4, -0.2) is 10.2 Å². The average molecular weight is 216 g/mol. The van der Waals surface area contributed by atoms with Crippen molar-refractivity contribution >= 4 is 10.9 Å². The van der Waals surface area contributed by atoms with Gasteiger partial charge in [0, 0.05) is 5.39 Å². The molecule has 2 rings (SSSR count). The Balaban J connectivity index is 2.97. The second kappa shape index (κ2) is 3.34. The van der Waals surface area contributed by atoms with Crippen LogP contribution in [-0.2, 0) is 5.41 Å². The van der Waals surface area contributed by atoms with Crippen LogP contribution in [0.3, 0.4) is 0 Å². The molecule has 1 heterocycles. The van der Waals surface area contributed by atoms with Crippen LogP contribution in [0.15, 0.2) is 6.20 Å². The molecule has 0 radical (unpaired) electrons. The van der Waals surface area contributed by atoms with Crippen molar-refractivity contribution in [2.75, 3.05) is 0 Å². The van der Waals surface area contributed by atoms with Crippen molar-refractivity contribution in [3.63, 3.8) is 0 Å². The van der Waals surface area contributed by atoms with Gasteiger partial charge in [0.25, 0.3) is 0 Å². The molecule has 0 aliphatic carbocycles. The third-order valence-corrected chi connectivity index (χ3v) is 3.54. The van der Waals surface area contributed by atoms with Crippen molar-refractivity contribution in [1.82, 2.24) is 10.2 Å². The topological polar surface area (TPSA) is 28.7 Å². The van der Waals surface area contributed by atoms with Crippen LogP contribution < -0.4 is 0 Å². The van der Waals surface area contributed by atoms with Crippen LogP contribution >= 0.6 is 0 Å². The molecule has 0 atom stereocenters. The van der Waals surface area contributed by atoms with Gasteiger partial charge in [-0.2, -0.15) is 5.10 Å². The highest BCUT2D eigenvalue weighted by atomic mass is 15.1. The molecule has 2 nitrogen and oxygen atoms in total. The number of aromatic nitrogens is 2. The lowest BCUT2D eigenvalue weighted by atomic mass is 9.80. The summed E-state index contributed by atoms with van der Waals surface area (Å²) in [6.45, 7) is 13.3. The molecule has 0 saturated carbocycles. The second-order valence-corrected chi connectivity index (χ2v) is 5.66. The van der Waals surface area contributed by atoms with E-state index in [1.54, 1.807) is 0 Å². The number of rotatable bonds is 0. The third-order valence-electron chi connectivity index (χ3n) is 3.54. The summed E-state index contributed by atoms with van der Waals surface area (Å²) >= 11 is 0. The summed E-state index contributed by atoms with van der Waals surface area (Å²) in [5, 5.41) is 8.60. The first-order valence-corrected chi connectivity index (χ1v) is 5.77. The third kappa shape index (κ3) is 1.44. The first-order chi connectivity index (χ1) is 7.34. The number of hydrogen-bond donors (Lipinski definition) is 1. The summed E-state index contributed by atoms with van der Waals surface area (Å²) in [5.74, 6) is 0. The number of nitrogens with one attached hydrogen (secondary N) is 1. The molecular weight excluding hydrogens is 196 g/mol. The highest BCUT2D eigenvalue weighted by molar-refractivity contribution is 5.88. The van der Waals surface area contributed by atoms with E-state index in [1.165, 1.54) is 33.2 Å². The lowest BCUT2D eigenvalue weighted by molar-refractivity contribution is 0.589. The Morgan fingerprint density at radius 1 is 1.00 bits per heavy atom. The lowest BCUT2D eigenvalue weighted by Gasteiger charge is -2.24. The summed E-state index contributed by atoms with van der Waals surface area (Å²) in [5.41, 5.74) is 6.86.